The van der Waals surface area contributed by atoms with E-state index in [-0.39, 0.29) is 5.82 Å². The van der Waals surface area contributed by atoms with E-state index < -0.39 is 0 Å². The van der Waals surface area contributed by atoms with Crippen LogP contribution in [0.2, 0.25) is 10.3 Å². The number of pyridine rings is 1. The first kappa shape index (κ1) is 13.1. The van der Waals surface area contributed by atoms with Crippen molar-refractivity contribution in [1.82, 2.24) is 4.98 Å². The Morgan fingerprint density at radius 3 is 2.67 bits per heavy atom. The van der Waals surface area contributed by atoms with Crippen LogP contribution in [0.15, 0.2) is 36.4 Å². The molecule has 0 aliphatic carbocycles. The van der Waals surface area contributed by atoms with Gasteiger partial charge in [0.1, 0.15) is 16.1 Å². The van der Waals surface area contributed by atoms with Crippen molar-refractivity contribution < 1.29 is 4.39 Å². The van der Waals surface area contributed by atoms with Gasteiger partial charge >= 0.3 is 0 Å². The highest BCUT2D eigenvalue weighted by atomic mass is 35.5. The van der Waals surface area contributed by atoms with Crippen LogP contribution in [-0.4, -0.2) is 12.0 Å². The molecule has 0 fully saturated rings. The van der Waals surface area contributed by atoms with Crippen molar-refractivity contribution in [2.75, 3.05) is 11.9 Å². The summed E-state index contributed by atoms with van der Waals surface area (Å²) in [6.07, 6.45) is 0. The summed E-state index contributed by atoms with van der Waals surface area (Å²) in [6, 6.07) is 9.88. The number of hydrogen-bond donors (Lipinski definition) is 0. The fraction of sp³-hybridized carbons (Fsp3) is 0.154. The maximum Gasteiger partial charge on any atom is 0.135 e. The van der Waals surface area contributed by atoms with Crippen LogP contribution >= 0.6 is 23.2 Å². The summed E-state index contributed by atoms with van der Waals surface area (Å²) in [5, 5.41) is 0.725. The van der Waals surface area contributed by atoms with Crippen molar-refractivity contribution in [3.8, 4) is 0 Å². The molecule has 0 N–H and O–H groups in total. The average molecular weight is 285 g/mol. The fourth-order valence-corrected chi connectivity index (χ4v) is 2.02. The van der Waals surface area contributed by atoms with Crippen molar-refractivity contribution in [3.63, 3.8) is 0 Å². The minimum atomic E-state index is -0.264. The van der Waals surface area contributed by atoms with Crippen molar-refractivity contribution >= 4 is 28.9 Å². The molecule has 2 rings (SSSR count). The summed E-state index contributed by atoms with van der Waals surface area (Å²) in [5.74, 6) is -0.264. The molecule has 94 valence electrons. The minimum Gasteiger partial charge on any atom is -0.370 e. The standard InChI is InChI=1S/C13H11Cl2FN2/c1-18(11-4-2-3-10(16)7-11)8-9-5-6-12(14)17-13(9)15/h2-7H,8H2,1H3. The molecule has 18 heavy (non-hydrogen) atoms. The van der Waals surface area contributed by atoms with E-state index in [2.05, 4.69) is 4.98 Å². The average Bonchev–Trinajstić information content (AvgIpc) is 2.32. The highest BCUT2D eigenvalue weighted by Gasteiger charge is 2.07. The molecule has 0 saturated carbocycles. The van der Waals surface area contributed by atoms with Gasteiger partial charge in [0.2, 0.25) is 0 Å². The lowest BCUT2D eigenvalue weighted by molar-refractivity contribution is 0.627. The molecule has 0 unspecified atom stereocenters. The smallest absolute Gasteiger partial charge is 0.135 e. The van der Waals surface area contributed by atoms with Gasteiger partial charge < -0.3 is 4.90 Å². The summed E-state index contributed by atoms with van der Waals surface area (Å²) in [5.41, 5.74) is 1.62. The van der Waals surface area contributed by atoms with Gasteiger partial charge in [-0.25, -0.2) is 9.37 Å². The first-order chi connectivity index (χ1) is 8.56. The lowest BCUT2D eigenvalue weighted by atomic mass is 10.2. The second-order valence-electron chi connectivity index (χ2n) is 3.92. The van der Waals surface area contributed by atoms with Crippen LogP contribution in [0.3, 0.4) is 0 Å². The Labute approximate surface area is 115 Å². The Hall–Kier alpha value is -1.32. The predicted octanol–water partition coefficient (Wildman–Crippen LogP) is 4.16. The molecule has 0 amide bonds. The number of rotatable bonds is 3. The zero-order valence-electron chi connectivity index (χ0n) is 9.70. The molecule has 0 bridgehead atoms. The molecule has 2 nitrogen and oxygen atoms in total. The zero-order valence-corrected chi connectivity index (χ0v) is 11.2. The lowest BCUT2D eigenvalue weighted by Gasteiger charge is -2.19. The van der Waals surface area contributed by atoms with Gasteiger partial charge in [0.15, 0.2) is 0 Å². The largest absolute Gasteiger partial charge is 0.370 e. The van der Waals surface area contributed by atoms with Crippen LogP contribution in [0.4, 0.5) is 10.1 Å². The third-order valence-corrected chi connectivity index (χ3v) is 3.09. The van der Waals surface area contributed by atoms with Gasteiger partial charge in [-0.15, -0.1) is 0 Å². The number of nitrogens with zero attached hydrogens (tertiary/aromatic N) is 2. The maximum absolute atomic E-state index is 13.1. The Bertz CT molecular complexity index is 560. The van der Waals surface area contributed by atoms with E-state index in [4.69, 9.17) is 23.2 Å². The summed E-state index contributed by atoms with van der Waals surface area (Å²) >= 11 is 11.7. The number of hydrogen-bond acceptors (Lipinski definition) is 2. The van der Waals surface area contributed by atoms with Crippen LogP contribution in [-0.2, 0) is 6.54 Å². The minimum absolute atomic E-state index is 0.264. The van der Waals surface area contributed by atoms with E-state index in [1.165, 1.54) is 12.1 Å². The summed E-state index contributed by atoms with van der Waals surface area (Å²) in [7, 11) is 1.86. The molecule has 0 aliphatic rings. The second kappa shape index (κ2) is 5.55. The monoisotopic (exact) mass is 284 g/mol. The number of benzene rings is 1. The zero-order chi connectivity index (χ0) is 13.1. The number of aromatic nitrogens is 1. The molecule has 1 heterocycles. The highest BCUT2D eigenvalue weighted by Crippen LogP contribution is 2.21. The predicted molar refractivity (Wildman–Crippen MR) is 72.8 cm³/mol. The van der Waals surface area contributed by atoms with Gasteiger partial charge in [0, 0.05) is 24.8 Å². The van der Waals surface area contributed by atoms with Gasteiger partial charge in [-0.05, 0) is 24.3 Å². The summed E-state index contributed by atoms with van der Waals surface area (Å²) in [6.45, 7) is 0.534. The highest BCUT2D eigenvalue weighted by molar-refractivity contribution is 6.32. The van der Waals surface area contributed by atoms with Crippen LogP contribution in [0, 0.1) is 5.82 Å². The number of anilines is 1. The quantitative estimate of drug-likeness (QED) is 0.787. The molecule has 1 aromatic carbocycles. The summed E-state index contributed by atoms with van der Waals surface area (Å²) < 4.78 is 13.1. The van der Waals surface area contributed by atoms with E-state index in [1.54, 1.807) is 12.1 Å². The van der Waals surface area contributed by atoms with Crippen LogP contribution in [0.1, 0.15) is 5.56 Å². The first-order valence-electron chi connectivity index (χ1n) is 5.34. The maximum atomic E-state index is 13.1. The van der Waals surface area contributed by atoms with Crippen molar-refractivity contribution in [3.05, 3.63) is 58.1 Å². The Balaban J connectivity index is 2.18. The van der Waals surface area contributed by atoms with E-state index in [9.17, 15) is 4.39 Å². The fourth-order valence-electron chi connectivity index (χ4n) is 1.62. The van der Waals surface area contributed by atoms with Crippen molar-refractivity contribution in [2.45, 2.75) is 6.54 Å². The van der Waals surface area contributed by atoms with Gasteiger partial charge in [-0.2, -0.15) is 0 Å². The van der Waals surface area contributed by atoms with E-state index in [1.807, 2.05) is 24.1 Å². The first-order valence-corrected chi connectivity index (χ1v) is 6.09. The van der Waals surface area contributed by atoms with Crippen LogP contribution in [0.25, 0.3) is 0 Å². The SMILES string of the molecule is CN(Cc1ccc(Cl)nc1Cl)c1cccc(F)c1. The second-order valence-corrected chi connectivity index (χ2v) is 4.67. The third-order valence-electron chi connectivity index (χ3n) is 2.55. The van der Waals surface area contributed by atoms with Crippen molar-refractivity contribution in [2.24, 2.45) is 0 Å². The van der Waals surface area contributed by atoms with Crippen LogP contribution < -0.4 is 4.90 Å². The van der Waals surface area contributed by atoms with Crippen LogP contribution in [0.5, 0.6) is 0 Å². The summed E-state index contributed by atoms with van der Waals surface area (Å²) in [4.78, 5) is 5.86. The Morgan fingerprint density at radius 2 is 2.00 bits per heavy atom. The molecule has 5 heteroatoms. The Morgan fingerprint density at radius 1 is 1.22 bits per heavy atom. The molecule has 0 atom stereocenters. The molecular formula is C13H11Cl2FN2. The normalized spacial score (nSPS) is 10.4. The molecule has 2 aromatic rings. The molecule has 0 radical (unpaired) electrons. The van der Waals surface area contributed by atoms with Gasteiger partial charge in [0.25, 0.3) is 0 Å². The lowest BCUT2D eigenvalue weighted by Crippen LogP contribution is -2.16. The molecule has 0 aliphatic heterocycles. The molecule has 0 saturated heterocycles. The van der Waals surface area contributed by atoms with Gasteiger partial charge in [0.05, 0.1) is 0 Å². The molecular weight excluding hydrogens is 274 g/mol. The molecule has 1 aromatic heterocycles. The Kier molecular flexibility index (Phi) is 4.04. The van der Waals surface area contributed by atoms with Gasteiger partial charge in [-0.1, -0.05) is 35.3 Å². The third kappa shape index (κ3) is 3.12. The van der Waals surface area contributed by atoms with E-state index in [0.29, 0.717) is 16.9 Å². The van der Waals surface area contributed by atoms with Crippen molar-refractivity contribution in [1.29, 1.82) is 0 Å². The van der Waals surface area contributed by atoms with Gasteiger partial charge in [-0.3, -0.25) is 0 Å². The van der Waals surface area contributed by atoms with E-state index >= 15 is 0 Å². The van der Waals surface area contributed by atoms with E-state index in [0.717, 1.165) is 11.3 Å². The molecule has 0 spiro atoms. The number of halogens is 3. The topological polar surface area (TPSA) is 16.1 Å².